The fourth-order valence-corrected chi connectivity index (χ4v) is 11.1. The van der Waals surface area contributed by atoms with Crippen molar-refractivity contribution < 1.29 is 16.8 Å². The lowest BCUT2D eigenvalue weighted by molar-refractivity contribution is 0.160. The van der Waals surface area contributed by atoms with Crippen molar-refractivity contribution in [3.05, 3.63) is 39.9 Å². The van der Waals surface area contributed by atoms with Crippen molar-refractivity contribution >= 4 is 42.3 Å². The Kier molecular flexibility index (Phi) is 6.48. The molecule has 2 aromatic rings. The Morgan fingerprint density at radius 3 is 2.45 bits per heavy atom. The van der Waals surface area contributed by atoms with E-state index in [1.165, 1.54) is 11.3 Å². The van der Waals surface area contributed by atoms with Gasteiger partial charge >= 0.3 is 0 Å². The molecule has 2 saturated heterocycles. The van der Waals surface area contributed by atoms with Gasteiger partial charge in [-0.2, -0.15) is 0 Å². The second-order valence-corrected chi connectivity index (χ2v) is 14.2. The van der Waals surface area contributed by atoms with Gasteiger partial charge in [0.1, 0.15) is 4.21 Å². The monoisotopic (exact) mass is 474 g/mol. The smallest absolute Gasteiger partial charge is 0.193 e. The molecule has 2 fully saturated rings. The van der Waals surface area contributed by atoms with Crippen LogP contribution in [0.15, 0.2) is 39.2 Å². The average Bonchev–Trinajstić information content (AvgIpc) is 3.44. The van der Waals surface area contributed by atoms with Crippen LogP contribution in [0.5, 0.6) is 0 Å². The van der Waals surface area contributed by atoms with E-state index in [9.17, 15) is 16.8 Å². The van der Waals surface area contributed by atoms with Crippen LogP contribution in [0.3, 0.4) is 0 Å². The zero-order valence-electron chi connectivity index (χ0n) is 16.1. The molecule has 0 radical (unpaired) electrons. The van der Waals surface area contributed by atoms with Gasteiger partial charge < -0.3 is 5.32 Å². The second-order valence-electron chi connectivity index (χ2n) is 7.74. The summed E-state index contributed by atoms with van der Waals surface area (Å²) in [6, 6.07) is 6.94. The molecular weight excluding hydrogens is 448 g/mol. The standard InChI is InChI=1S/C19H26N2O4S4/c22-28(23)13-15(18(14-28)29(24,25)19-7-5-11-27-19)20-12-16(17-6-4-10-26-17)21-8-2-1-3-9-21/h4-7,10-11,15-16,18,20H,1-3,8-9,12-14H2/t15-,16?,18-/m0/s1. The summed E-state index contributed by atoms with van der Waals surface area (Å²) in [5, 5.41) is 6.18. The summed E-state index contributed by atoms with van der Waals surface area (Å²) in [4.78, 5) is 3.67. The number of likely N-dealkylation sites (tertiary alicyclic amines) is 1. The molecule has 4 rings (SSSR count). The third-order valence-corrected chi connectivity index (χ3v) is 12.3. The lowest BCUT2D eigenvalue weighted by atomic mass is 10.1. The van der Waals surface area contributed by atoms with E-state index in [-0.39, 0.29) is 21.8 Å². The Balaban J connectivity index is 1.54. The van der Waals surface area contributed by atoms with E-state index < -0.39 is 31.0 Å². The largest absolute Gasteiger partial charge is 0.310 e. The van der Waals surface area contributed by atoms with Crippen LogP contribution in [0.1, 0.15) is 30.2 Å². The van der Waals surface area contributed by atoms with E-state index in [1.807, 2.05) is 6.07 Å². The van der Waals surface area contributed by atoms with Crippen molar-refractivity contribution in [2.24, 2.45) is 0 Å². The maximum absolute atomic E-state index is 13.1. The molecule has 0 amide bonds. The molecule has 6 nitrogen and oxygen atoms in total. The fraction of sp³-hybridized carbons (Fsp3) is 0.579. The van der Waals surface area contributed by atoms with Gasteiger partial charge in [0.25, 0.3) is 0 Å². The molecule has 0 spiro atoms. The number of rotatable bonds is 7. The third kappa shape index (κ3) is 4.77. The molecule has 0 saturated carbocycles. The van der Waals surface area contributed by atoms with Gasteiger partial charge in [0.15, 0.2) is 19.7 Å². The van der Waals surface area contributed by atoms with E-state index in [4.69, 9.17) is 0 Å². The third-order valence-electron chi connectivity index (χ3n) is 5.75. The van der Waals surface area contributed by atoms with Gasteiger partial charge in [0, 0.05) is 17.5 Å². The minimum atomic E-state index is -3.68. The van der Waals surface area contributed by atoms with Crippen LogP contribution >= 0.6 is 22.7 Å². The van der Waals surface area contributed by atoms with Gasteiger partial charge in [-0.15, -0.1) is 22.7 Å². The van der Waals surface area contributed by atoms with Crippen LogP contribution in [0.25, 0.3) is 0 Å². The van der Waals surface area contributed by atoms with E-state index in [2.05, 4.69) is 21.7 Å². The summed E-state index contributed by atoms with van der Waals surface area (Å²) in [6.07, 6.45) is 3.56. The minimum absolute atomic E-state index is 0.126. The summed E-state index contributed by atoms with van der Waals surface area (Å²) in [7, 11) is -7.07. The first kappa shape index (κ1) is 21.5. The van der Waals surface area contributed by atoms with Crippen LogP contribution in [0.2, 0.25) is 0 Å². The Bertz CT molecular complexity index is 995. The lowest BCUT2D eigenvalue weighted by Crippen LogP contribution is -2.47. The van der Waals surface area contributed by atoms with E-state index in [0.29, 0.717) is 6.54 Å². The summed E-state index contributed by atoms with van der Waals surface area (Å²) in [6.45, 7) is 2.59. The molecule has 4 heterocycles. The molecule has 0 aliphatic carbocycles. The molecule has 2 aromatic heterocycles. The van der Waals surface area contributed by atoms with Gasteiger partial charge in [-0.3, -0.25) is 4.90 Å². The maximum Gasteiger partial charge on any atom is 0.193 e. The molecule has 0 aromatic carbocycles. The van der Waals surface area contributed by atoms with Gasteiger partial charge in [0.05, 0.1) is 22.8 Å². The molecule has 29 heavy (non-hydrogen) atoms. The summed E-state index contributed by atoms with van der Waals surface area (Å²) in [5.74, 6) is -0.433. The maximum atomic E-state index is 13.1. The van der Waals surface area contributed by atoms with Gasteiger partial charge in [-0.25, -0.2) is 16.8 Å². The number of piperidine rings is 1. The van der Waals surface area contributed by atoms with E-state index in [1.54, 1.807) is 28.8 Å². The summed E-state index contributed by atoms with van der Waals surface area (Å²) >= 11 is 2.84. The molecular formula is C19H26N2O4S4. The zero-order valence-corrected chi connectivity index (χ0v) is 19.3. The number of hydrogen-bond acceptors (Lipinski definition) is 8. The summed E-state index contributed by atoms with van der Waals surface area (Å²) in [5.41, 5.74) is 0. The van der Waals surface area contributed by atoms with Crippen LogP contribution < -0.4 is 5.32 Å². The van der Waals surface area contributed by atoms with Gasteiger partial charge in [-0.1, -0.05) is 18.6 Å². The fourth-order valence-electron chi connectivity index (χ4n) is 4.27. The van der Waals surface area contributed by atoms with Gasteiger partial charge in [-0.05, 0) is 48.8 Å². The van der Waals surface area contributed by atoms with Crippen molar-refractivity contribution in [3.8, 4) is 0 Å². The van der Waals surface area contributed by atoms with E-state index in [0.717, 1.165) is 37.3 Å². The first-order chi connectivity index (χ1) is 13.9. The predicted molar refractivity (Wildman–Crippen MR) is 118 cm³/mol. The number of thiophene rings is 2. The molecule has 2 aliphatic heterocycles. The van der Waals surface area contributed by atoms with Crippen molar-refractivity contribution in [1.29, 1.82) is 0 Å². The molecule has 160 valence electrons. The van der Waals surface area contributed by atoms with Crippen molar-refractivity contribution in [1.82, 2.24) is 10.2 Å². The van der Waals surface area contributed by atoms with Crippen molar-refractivity contribution in [3.63, 3.8) is 0 Å². The normalized spacial score (nSPS) is 26.5. The molecule has 3 atom stereocenters. The number of nitrogens with zero attached hydrogens (tertiary/aromatic N) is 1. The van der Waals surface area contributed by atoms with Crippen molar-refractivity contribution in [2.45, 2.75) is 40.8 Å². The average molecular weight is 475 g/mol. The SMILES string of the molecule is O=S1(=O)C[C@H](NCC(c2cccs2)N2CCCCC2)[C@@H](S(=O)(=O)c2cccs2)C1. The lowest BCUT2D eigenvalue weighted by Gasteiger charge is -2.35. The molecule has 10 heteroatoms. The quantitative estimate of drug-likeness (QED) is 0.664. The van der Waals surface area contributed by atoms with E-state index >= 15 is 0 Å². The Hall–Kier alpha value is -0.780. The Labute approximate surface area is 180 Å². The van der Waals surface area contributed by atoms with Crippen LogP contribution in [0.4, 0.5) is 0 Å². The van der Waals surface area contributed by atoms with Gasteiger partial charge in [0.2, 0.25) is 0 Å². The first-order valence-electron chi connectivity index (χ1n) is 9.85. The highest BCUT2D eigenvalue weighted by Crippen LogP contribution is 2.31. The Morgan fingerprint density at radius 2 is 1.79 bits per heavy atom. The molecule has 2 aliphatic rings. The first-order valence-corrected chi connectivity index (χ1v) is 15.0. The summed E-state index contributed by atoms with van der Waals surface area (Å²) < 4.78 is 51.0. The van der Waals surface area contributed by atoms with Crippen LogP contribution in [-0.2, 0) is 19.7 Å². The zero-order chi connectivity index (χ0) is 20.5. The molecule has 0 bridgehead atoms. The second kappa shape index (κ2) is 8.76. The topological polar surface area (TPSA) is 83.6 Å². The number of sulfone groups is 2. The molecule has 1 unspecified atom stereocenters. The minimum Gasteiger partial charge on any atom is -0.310 e. The number of nitrogens with one attached hydrogen (secondary N) is 1. The van der Waals surface area contributed by atoms with Crippen molar-refractivity contribution in [2.75, 3.05) is 31.1 Å². The molecule has 1 N–H and O–H groups in total. The highest BCUT2D eigenvalue weighted by Gasteiger charge is 2.46. The predicted octanol–water partition coefficient (Wildman–Crippen LogP) is 2.57. The van der Waals surface area contributed by atoms with Crippen LogP contribution in [0, 0.1) is 0 Å². The Morgan fingerprint density at radius 1 is 1.07 bits per heavy atom. The number of hydrogen-bond donors (Lipinski definition) is 1. The van der Waals surface area contributed by atoms with Crippen LogP contribution in [-0.4, -0.2) is 64.2 Å². The highest BCUT2D eigenvalue weighted by atomic mass is 32.2. The highest BCUT2D eigenvalue weighted by molar-refractivity contribution is 7.97.